The van der Waals surface area contributed by atoms with Crippen molar-refractivity contribution >= 4 is 29.7 Å². The van der Waals surface area contributed by atoms with E-state index in [1.54, 1.807) is 0 Å². The molecule has 28 heavy (non-hydrogen) atoms. The second-order valence-electron chi connectivity index (χ2n) is 7.53. The molecule has 3 N–H and O–H groups in total. The van der Waals surface area contributed by atoms with E-state index in [1.165, 1.54) is 11.8 Å². The van der Waals surface area contributed by atoms with Gasteiger partial charge in [-0.15, -0.1) is 0 Å². The maximum absolute atomic E-state index is 13.2. The number of carbonyl (C=O) groups excluding carboxylic acids is 5. The molecule has 2 saturated heterocycles. The van der Waals surface area contributed by atoms with Crippen molar-refractivity contribution in [2.75, 3.05) is 13.1 Å². The SMILES string of the molecule is CCCC(C(=O)N1CCC[C@H]1C(N)=O)N(NC(C)=O)C(=O)N1CC(C)CC1=O. The molecule has 2 unspecified atom stereocenters. The first-order valence-electron chi connectivity index (χ1n) is 9.67. The fraction of sp³-hybridized carbons (Fsp3) is 0.722. The number of hydrogen-bond donors (Lipinski definition) is 2. The standard InChI is InChI=1S/C18H29N5O5/c1-4-6-14(17(27)21-8-5-7-13(21)16(19)26)23(20-12(3)24)18(28)22-10-11(2)9-15(22)25/h11,13-14H,4-10H2,1-3H3,(H2,19,26)(H,20,24)/t11?,13-,14?/m0/s1. The van der Waals surface area contributed by atoms with E-state index in [1.807, 2.05) is 13.8 Å². The number of nitrogens with two attached hydrogens (primary N) is 1. The summed E-state index contributed by atoms with van der Waals surface area (Å²) < 4.78 is 0. The Morgan fingerprint density at radius 2 is 2.00 bits per heavy atom. The lowest BCUT2D eigenvalue weighted by molar-refractivity contribution is -0.144. The van der Waals surface area contributed by atoms with Gasteiger partial charge in [-0.25, -0.2) is 9.80 Å². The summed E-state index contributed by atoms with van der Waals surface area (Å²) in [6.45, 7) is 5.51. The van der Waals surface area contributed by atoms with Gasteiger partial charge in [0.05, 0.1) is 0 Å². The maximum atomic E-state index is 13.2. The van der Waals surface area contributed by atoms with Crippen LogP contribution in [0.5, 0.6) is 0 Å². The van der Waals surface area contributed by atoms with Crippen molar-refractivity contribution in [3.8, 4) is 0 Å². The number of carbonyl (C=O) groups is 5. The number of nitrogens with one attached hydrogen (secondary N) is 1. The van der Waals surface area contributed by atoms with Crippen molar-refractivity contribution < 1.29 is 24.0 Å². The maximum Gasteiger partial charge on any atom is 0.346 e. The Labute approximate surface area is 164 Å². The number of nitrogens with zero attached hydrogens (tertiary/aromatic N) is 3. The first-order valence-corrected chi connectivity index (χ1v) is 9.67. The van der Waals surface area contributed by atoms with E-state index in [0.29, 0.717) is 25.8 Å². The molecular formula is C18H29N5O5. The molecule has 0 radical (unpaired) electrons. The van der Waals surface area contributed by atoms with E-state index in [-0.39, 0.29) is 31.2 Å². The van der Waals surface area contributed by atoms with Gasteiger partial charge in [-0.1, -0.05) is 20.3 Å². The smallest absolute Gasteiger partial charge is 0.346 e. The molecule has 2 rings (SSSR count). The minimum Gasteiger partial charge on any atom is -0.368 e. The Balaban J connectivity index is 2.32. The molecule has 156 valence electrons. The molecule has 6 amide bonds. The van der Waals surface area contributed by atoms with E-state index in [9.17, 15) is 24.0 Å². The van der Waals surface area contributed by atoms with Crippen LogP contribution in [0.15, 0.2) is 0 Å². The molecule has 0 aliphatic carbocycles. The van der Waals surface area contributed by atoms with Crippen LogP contribution in [-0.2, 0) is 19.2 Å². The van der Waals surface area contributed by atoms with E-state index in [0.717, 1.165) is 9.91 Å². The van der Waals surface area contributed by atoms with Crippen LogP contribution < -0.4 is 11.2 Å². The number of likely N-dealkylation sites (tertiary alicyclic amines) is 2. The first kappa shape index (κ1) is 21.6. The van der Waals surface area contributed by atoms with Gasteiger partial charge >= 0.3 is 6.03 Å². The molecule has 10 heteroatoms. The molecule has 0 spiro atoms. The van der Waals surface area contributed by atoms with Crippen LogP contribution in [0, 0.1) is 5.92 Å². The van der Waals surface area contributed by atoms with E-state index in [2.05, 4.69) is 5.43 Å². The van der Waals surface area contributed by atoms with E-state index >= 15 is 0 Å². The Kier molecular flexibility index (Phi) is 6.98. The fourth-order valence-corrected chi connectivity index (χ4v) is 3.78. The highest BCUT2D eigenvalue weighted by Crippen LogP contribution is 2.23. The number of amides is 6. The first-order chi connectivity index (χ1) is 13.2. The molecule has 2 aliphatic rings. The molecule has 0 aromatic rings. The quantitative estimate of drug-likeness (QED) is 0.631. The lowest BCUT2D eigenvalue weighted by Crippen LogP contribution is -2.61. The summed E-state index contributed by atoms with van der Waals surface area (Å²) >= 11 is 0. The number of rotatable bonds is 5. The monoisotopic (exact) mass is 395 g/mol. The second-order valence-corrected chi connectivity index (χ2v) is 7.53. The van der Waals surface area contributed by atoms with Crippen molar-refractivity contribution in [3.05, 3.63) is 0 Å². The van der Waals surface area contributed by atoms with Crippen molar-refractivity contribution in [3.63, 3.8) is 0 Å². The zero-order valence-electron chi connectivity index (χ0n) is 16.6. The third kappa shape index (κ3) is 4.60. The normalized spacial score (nSPS) is 22.9. The third-order valence-electron chi connectivity index (χ3n) is 5.06. The molecular weight excluding hydrogens is 366 g/mol. The average molecular weight is 395 g/mol. The van der Waals surface area contributed by atoms with Crippen molar-refractivity contribution in [1.29, 1.82) is 0 Å². The lowest BCUT2D eigenvalue weighted by Gasteiger charge is -2.36. The summed E-state index contributed by atoms with van der Waals surface area (Å²) in [6.07, 6.45) is 2.16. The Morgan fingerprint density at radius 1 is 1.32 bits per heavy atom. The van der Waals surface area contributed by atoms with Gasteiger partial charge in [-0.05, 0) is 25.2 Å². The summed E-state index contributed by atoms with van der Waals surface area (Å²) in [6, 6.07) is -2.48. The van der Waals surface area contributed by atoms with Crippen molar-refractivity contribution in [2.45, 2.75) is 65.0 Å². The molecule has 2 fully saturated rings. The third-order valence-corrected chi connectivity index (χ3v) is 5.06. The highest BCUT2D eigenvalue weighted by Gasteiger charge is 2.43. The number of urea groups is 1. The van der Waals surface area contributed by atoms with Crippen LogP contribution in [0.2, 0.25) is 0 Å². The summed E-state index contributed by atoms with van der Waals surface area (Å²) in [5.41, 5.74) is 7.83. The highest BCUT2D eigenvalue weighted by molar-refractivity contribution is 5.99. The molecule has 10 nitrogen and oxygen atoms in total. The van der Waals surface area contributed by atoms with E-state index in [4.69, 9.17) is 5.73 Å². The average Bonchev–Trinajstić information content (AvgIpc) is 3.23. The van der Waals surface area contributed by atoms with Gasteiger partial charge in [-0.2, -0.15) is 0 Å². The van der Waals surface area contributed by atoms with E-state index < -0.39 is 35.8 Å². The number of hydrogen-bond acceptors (Lipinski definition) is 5. The molecule has 0 saturated carbocycles. The van der Waals surface area contributed by atoms with Gasteiger partial charge in [0.2, 0.25) is 23.6 Å². The van der Waals surface area contributed by atoms with Crippen molar-refractivity contribution in [1.82, 2.24) is 20.2 Å². The van der Waals surface area contributed by atoms with Crippen LogP contribution in [0.3, 0.4) is 0 Å². The van der Waals surface area contributed by atoms with Gasteiger partial charge < -0.3 is 10.6 Å². The predicted molar refractivity (Wildman–Crippen MR) is 99.2 cm³/mol. The zero-order chi connectivity index (χ0) is 21.0. The molecule has 2 heterocycles. The van der Waals surface area contributed by atoms with Gasteiger partial charge in [0.1, 0.15) is 12.1 Å². The van der Waals surface area contributed by atoms with Crippen molar-refractivity contribution in [2.24, 2.45) is 11.7 Å². The van der Waals surface area contributed by atoms with Crippen LogP contribution in [0.1, 0.15) is 52.9 Å². The number of imide groups is 1. The molecule has 0 bridgehead atoms. The summed E-state index contributed by atoms with van der Waals surface area (Å²) in [7, 11) is 0. The largest absolute Gasteiger partial charge is 0.368 e. The molecule has 0 aromatic heterocycles. The van der Waals surface area contributed by atoms with Gasteiger partial charge in [-0.3, -0.25) is 29.5 Å². The van der Waals surface area contributed by atoms with Crippen LogP contribution >= 0.6 is 0 Å². The number of hydrazine groups is 1. The van der Waals surface area contributed by atoms with Gasteiger partial charge in [0.25, 0.3) is 0 Å². The molecule has 0 aromatic carbocycles. The summed E-state index contributed by atoms with van der Waals surface area (Å²) in [4.78, 5) is 64.3. The summed E-state index contributed by atoms with van der Waals surface area (Å²) in [5, 5.41) is 0.945. The minimum absolute atomic E-state index is 0.00813. The molecule has 3 atom stereocenters. The molecule has 2 aliphatic heterocycles. The van der Waals surface area contributed by atoms with Gasteiger partial charge in [0.15, 0.2) is 0 Å². The summed E-state index contributed by atoms with van der Waals surface area (Å²) in [5.74, 6) is -1.91. The van der Waals surface area contributed by atoms with Crippen LogP contribution in [-0.4, -0.2) is 69.6 Å². The fourth-order valence-electron chi connectivity index (χ4n) is 3.78. The Morgan fingerprint density at radius 3 is 2.50 bits per heavy atom. The lowest BCUT2D eigenvalue weighted by atomic mass is 10.1. The Hall–Kier alpha value is -2.65. The van der Waals surface area contributed by atoms with Gasteiger partial charge in [0, 0.05) is 26.4 Å². The minimum atomic E-state index is -1.02. The predicted octanol–water partition coefficient (Wildman–Crippen LogP) is -0.0271. The Bertz CT molecular complexity index is 667. The topological polar surface area (TPSA) is 133 Å². The number of primary amides is 1. The second kappa shape index (κ2) is 9.03. The van der Waals surface area contributed by atoms with Crippen LogP contribution in [0.4, 0.5) is 4.79 Å². The van der Waals surface area contributed by atoms with Crippen LogP contribution in [0.25, 0.3) is 0 Å². The zero-order valence-corrected chi connectivity index (χ0v) is 16.6. The highest BCUT2D eigenvalue weighted by atomic mass is 16.2.